The fourth-order valence-electron chi connectivity index (χ4n) is 4.56. The highest BCUT2D eigenvalue weighted by Crippen LogP contribution is 2.30. The lowest BCUT2D eigenvalue weighted by Gasteiger charge is -2.34. The van der Waals surface area contributed by atoms with Crippen LogP contribution in [0, 0.1) is 11.8 Å². The zero-order valence-corrected chi connectivity index (χ0v) is 20.9. The van der Waals surface area contributed by atoms with Crippen LogP contribution in [0.1, 0.15) is 65.4 Å². The maximum absolute atomic E-state index is 13.1. The van der Waals surface area contributed by atoms with Crippen LogP contribution in [0.25, 0.3) is 0 Å². The molecule has 0 radical (unpaired) electrons. The van der Waals surface area contributed by atoms with Gasteiger partial charge in [-0.2, -0.15) is 0 Å². The van der Waals surface area contributed by atoms with Gasteiger partial charge in [0.25, 0.3) is 0 Å². The zero-order valence-electron chi connectivity index (χ0n) is 20.9. The van der Waals surface area contributed by atoms with E-state index >= 15 is 0 Å². The Morgan fingerprint density at radius 1 is 0.971 bits per heavy atom. The first-order chi connectivity index (χ1) is 16.2. The Morgan fingerprint density at radius 2 is 1.59 bits per heavy atom. The first-order valence-corrected chi connectivity index (χ1v) is 12.4. The van der Waals surface area contributed by atoms with Crippen LogP contribution in [0.4, 0.5) is 0 Å². The molecular weight excluding hydrogens is 428 g/mol. The zero-order chi connectivity index (χ0) is 24.6. The largest absolute Gasteiger partial charge is 0.486 e. The van der Waals surface area contributed by atoms with E-state index in [-0.39, 0.29) is 30.4 Å². The van der Waals surface area contributed by atoms with Crippen molar-refractivity contribution in [2.45, 2.75) is 84.0 Å². The van der Waals surface area contributed by atoms with Crippen molar-refractivity contribution in [3.05, 3.63) is 66.2 Å². The highest BCUT2D eigenvalue weighted by molar-refractivity contribution is 5.80. The summed E-state index contributed by atoms with van der Waals surface area (Å²) in [5.74, 6) is -0.262. The quantitative estimate of drug-likeness (QED) is 0.478. The molecule has 4 atom stereocenters. The average molecular weight is 467 g/mol. The summed E-state index contributed by atoms with van der Waals surface area (Å²) in [5.41, 5.74) is 0.663. The molecule has 1 aliphatic heterocycles. The molecule has 2 aromatic rings. The topological polar surface area (TPSA) is 61.8 Å². The standard InChI is InChI=1S/C29H38O5/c1-21-27(33-25-17-9-6-10-18-25)23(19-22-13-7-5-8-14-22)15-11-12-16-24(28(31)32-21)20-26(30)34-29(2,3)4/h5-10,13-14,17-18,21,23-24,27H,11-12,15-16,19-20H2,1-4H3/t21-,23+,24+,27-/m0/s1. The molecule has 0 amide bonds. The van der Waals surface area contributed by atoms with E-state index in [0.29, 0.717) is 6.42 Å². The number of benzene rings is 2. The van der Waals surface area contributed by atoms with Gasteiger partial charge in [0.1, 0.15) is 23.6 Å². The minimum absolute atomic E-state index is 0.0421. The molecule has 0 bridgehead atoms. The third-order valence-corrected chi connectivity index (χ3v) is 6.13. The number of ether oxygens (including phenoxy) is 3. The lowest BCUT2D eigenvalue weighted by atomic mass is 9.85. The van der Waals surface area contributed by atoms with Gasteiger partial charge in [0, 0.05) is 5.92 Å². The average Bonchev–Trinajstić information content (AvgIpc) is 2.78. The molecule has 0 aromatic heterocycles. The van der Waals surface area contributed by atoms with Crippen LogP contribution in [0.2, 0.25) is 0 Å². The molecule has 0 saturated carbocycles. The maximum Gasteiger partial charge on any atom is 0.309 e. The summed E-state index contributed by atoms with van der Waals surface area (Å²) in [7, 11) is 0. The van der Waals surface area contributed by atoms with Gasteiger partial charge in [0.2, 0.25) is 0 Å². The van der Waals surface area contributed by atoms with E-state index in [1.807, 2.05) is 76.2 Å². The lowest BCUT2D eigenvalue weighted by Crippen LogP contribution is -2.42. The van der Waals surface area contributed by atoms with Crippen molar-refractivity contribution < 1.29 is 23.8 Å². The first kappa shape index (κ1) is 25.8. The minimum atomic E-state index is -0.580. The number of carbonyl (C=O) groups excluding carboxylic acids is 2. The number of carbonyl (C=O) groups is 2. The first-order valence-electron chi connectivity index (χ1n) is 12.4. The Bertz CT molecular complexity index is 903. The summed E-state index contributed by atoms with van der Waals surface area (Å²) in [6, 6.07) is 20.1. The van der Waals surface area contributed by atoms with Gasteiger partial charge in [-0.25, -0.2) is 0 Å². The number of hydrogen-bond acceptors (Lipinski definition) is 5. The summed E-state index contributed by atoms with van der Waals surface area (Å²) in [5, 5.41) is 0. The normalized spacial score (nSPS) is 24.1. The van der Waals surface area contributed by atoms with E-state index in [1.54, 1.807) is 0 Å². The van der Waals surface area contributed by atoms with Gasteiger partial charge in [0.05, 0.1) is 12.3 Å². The Morgan fingerprint density at radius 3 is 2.24 bits per heavy atom. The van der Waals surface area contributed by atoms with Crippen molar-refractivity contribution in [1.82, 2.24) is 0 Å². The van der Waals surface area contributed by atoms with Gasteiger partial charge in [-0.3, -0.25) is 9.59 Å². The van der Waals surface area contributed by atoms with E-state index in [1.165, 1.54) is 5.56 Å². The van der Waals surface area contributed by atoms with Crippen LogP contribution < -0.4 is 4.74 Å². The molecule has 1 heterocycles. The number of esters is 2. The van der Waals surface area contributed by atoms with E-state index in [0.717, 1.165) is 31.4 Å². The van der Waals surface area contributed by atoms with Crippen LogP contribution >= 0.6 is 0 Å². The van der Waals surface area contributed by atoms with Crippen molar-refractivity contribution in [3.8, 4) is 5.75 Å². The van der Waals surface area contributed by atoms with Gasteiger partial charge in [-0.05, 0) is 64.7 Å². The molecule has 1 saturated heterocycles. The molecule has 0 spiro atoms. The number of hydrogen-bond donors (Lipinski definition) is 0. The number of para-hydroxylation sites is 1. The second kappa shape index (κ2) is 12.0. The van der Waals surface area contributed by atoms with E-state index < -0.39 is 17.6 Å². The van der Waals surface area contributed by atoms with Crippen molar-refractivity contribution in [1.29, 1.82) is 0 Å². The predicted molar refractivity (Wildman–Crippen MR) is 132 cm³/mol. The SMILES string of the molecule is C[C@@H]1OC(=O)[C@@H](CC(=O)OC(C)(C)C)CCCC[C@H](Cc2ccccc2)[C@H]1Oc1ccccc1. The summed E-state index contributed by atoms with van der Waals surface area (Å²) >= 11 is 0. The third kappa shape index (κ3) is 8.19. The molecule has 1 aliphatic rings. The van der Waals surface area contributed by atoms with Crippen LogP contribution in [0.15, 0.2) is 60.7 Å². The molecule has 5 heteroatoms. The molecule has 34 heavy (non-hydrogen) atoms. The highest BCUT2D eigenvalue weighted by atomic mass is 16.6. The van der Waals surface area contributed by atoms with Crippen LogP contribution in [0.3, 0.4) is 0 Å². The Balaban J connectivity index is 1.78. The Kier molecular flexibility index (Phi) is 9.14. The van der Waals surface area contributed by atoms with Crippen molar-refractivity contribution in [3.63, 3.8) is 0 Å². The fraction of sp³-hybridized carbons (Fsp3) is 0.517. The second-order valence-electron chi connectivity index (χ2n) is 10.3. The van der Waals surface area contributed by atoms with Gasteiger partial charge in [-0.1, -0.05) is 61.4 Å². The Labute approximate surface area is 203 Å². The molecule has 2 aromatic carbocycles. The number of rotatable bonds is 6. The monoisotopic (exact) mass is 466 g/mol. The van der Waals surface area contributed by atoms with E-state index in [9.17, 15) is 9.59 Å². The second-order valence-corrected chi connectivity index (χ2v) is 10.3. The third-order valence-electron chi connectivity index (χ3n) is 6.13. The smallest absolute Gasteiger partial charge is 0.309 e. The summed E-state index contributed by atoms with van der Waals surface area (Å²) in [4.78, 5) is 25.5. The van der Waals surface area contributed by atoms with E-state index in [4.69, 9.17) is 14.2 Å². The maximum atomic E-state index is 13.1. The van der Waals surface area contributed by atoms with Crippen molar-refractivity contribution >= 4 is 11.9 Å². The van der Waals surface area contributed by atoms with Gasteiger partial charge in [0.15, 0.2) is 0 Å². The molecule has 184 valence electrons. The summed E-state index contributed by atoms with van der Waals surface area (Å²) in [6.07, 6.45) is 3.51. The van der Waals surface area contributed by atoms with Crippen LogP contribution in [-0.2, 0) is 25.5 Å². The molecule has 0 unspecified atom stereocenters. The fourth-order valence-corrected chi connectivity index (χ4v) is 4.56. The molecule has 0 N–H and O–H groups in total. The number of cyclic esters (lactones) is 1. The molecule has 5 nitrogen and oxygen atoms in total. The van der Waals surface area contributed by atoms with Gasteiger partial charge < -0.3 is 14.2 Å². The highest BCUT2D eigenvalue weighted by Gasteiger charge is 2.35. The molecule has 3 rings (SSSR count). The van der Waals surface area contributed by atoms with Crippen LogP contribution in [0.5, 0.6) is 5.75 Å². The van der Waals surface area contributed by atoms with Gasteiger partial charge >= 0.3 is 11.9 Å². The lowest BCUT2D eigenvalue weighted by molar-refractivity contribution is -0.167. The predicted octanol–water partition coefficient (Wildman–Crippen LogP) is 6.15. The summed E-state index contributed by atoms with van der Waals surface area (Å²) < 4.78 is 17.9. The molecule has 1 fully saturated rings. The van der Waals surface area contributed by atoms with E-state index in [2.05, 4.69) is 12.1 Å². The van der Waals surface area contributed by atoms with Crippen LogP contribution in [-0.4, -0.2) is 29.7 Å². The summed E-state index contributed by atoms with van der Waals surface area (Å²) in [6.45, 7) is 7.39. The van der Waals surface area contributed by atoms with Gasteiger partial charge in [-0.15, -0.1) is 0 Å². The minimum Gasteiger partial charge on any atom is -0.486 e. The van der Waals surface area contributed by atoms with Crippen molar-refractivity contribution in [2.24, 2.45) is 11.8 Å². The molecular formula is C29H38O5. The van der Waals surface area contributed by atoms with Crippen molar-refractivity contribution in [2.75, 3.05) is 0 Å². The molecule has 0 aliphatic carbocycles. The Hall–Kier alpha value is -2.82.